The van der Waals surface area contributed by atoms with Gasteiger partial charge < -0.3 is 4.42 Å². The van der Waals surface area contributed by atoms with Crippen LogP contribution < -0.4 is 0 Å². The zero-order chi connectivity index (χ0) is 11.5. The molecule has 0 bridgehead atoms. The van der Waals surface area contributed by atoms with Gasteiger partial charge in [-0.2, -0.15) is 0 Å². The third-order valence-corrected chi connectivity index (χ3v) is 3.26. The quantitative estimate of drug-likeness (QED) is 0.786. The Morgan fingerprint density at radius 2 is 2.25 bits per heavy atom. The van der Waals surface area contributed by atoms with E-state index < -0.39 is 0 Å². The van der Waals surface area contributed by atoms with Gasteiger partial charge in [-0.05, 0) is 38.9 Å². The topological polar surface area (TPSA) is 33.5 Å². The van der Waals surface area contributed by atoms with Crippen LogP contribution in [-0.4, -0.2) is 23.8 Å². The minimum atomic E-state index is 0.0964. The highest BCUT2D eigenvalue weighted by Crippen LogP contribution is 2.20. The Hall–Kier alpha value is -1.09. The number of rotatable bonds is 3. The normalized spacial score (nSPS) is 21.7. The summed E-state index contributed by atoms with van der Waals surface area (Å²) in [6.07, 6.45) is 3.96. The predicted octanol–water partition coefficient (Wildman–Crippen LogP) is 2.53. The number of aryl methyl sites for hydroxylation is 1. The maximum Gasteiger partial charge on any atom is 0.149 e. The number of ketones is 1. The second-order valence-corrected chi connectivity index (χ2v) is 4.66. The number of likely N-dealkylation sites (N-methyl/N-ethyl adjacent to an activating group) is 1. The highest BCUT2D eigenvalue weighted by Gasteiger charge is 2.26. The molecule has 1 saturated carbocycles. The highest BCUT2D eigenvalue weighted by atomic mass is 16.3. The molecule has 0 aliphatic heterocycles. The summed E-state index contributed by atoms with van der Waals surface area (Å²) in [5.74, 6) is 2.26. The molecule has 3 nitrogen and oxygen atoms in total. The van der Waals surface area contributed by atoms with Gasteiger partial charge in [-0.3, -0.25) is 9.69 Å². The Balaban J connectivity index is 1.96. The number of carbonyl (C=O) groups excluding carboxylic acids is 1. The maximum absolute atomic E-state index is 11.8. The fourth-order valence-electron chi connectivity index (χ4n) is 2.36. The molecule has 0 spiro atoms. The molecule has 1 aliphatic carbocycles. The standard InChI is InChI=1S/C13H19NO2/c1-10-7-8-11(16-10)9-14(2)12-5-3-4-6-13(12)15/h7-8,12H,3-6,9H2,1-2H3. The molecule has 1 fully saturated rings. The lowest BCUT2D eigenvalue weighted by molar-refractivity contribution is -0.125. The Labute approximate surface area is 96.4 Å². The summed E-state index contributed by atoms with van der Waals surface area (Å²) in [7, 11) is 2.01. The largest absolute Gasteiger partial charge is 0.465 e. The summed E-state index contributed by atoms with van der Waals surface area (Å²) in [6, 6.07) is 4.05. The van der Waals surface area contributed by atoms with Gasteiger partial charge in [0.25, 0.3) is 0 Å². The molecular weight excluding hydrogens is 202 g/mol. The molecule has 16 heavy (non-hydrogen) atoms. The number of nitrogens with zero attached hydrogens (tertiary/aromatic N) is 1. The second-order valence-electron chi connectivity index (χ2n) is 4.66. The Bertz CT molecular complexity index is 370. The molecule has 1 aromatic rings. The van der Waals surface area contributed by atoms with E-state index in [0.717, 1.165) is 43.7 Å². The van der Waals surface area contributed by atoms with Gasteiger partial charge in [0.05, 0.1) is 12.6 Å². The zero-order valence-electron chi connectivity index (χ0n) is 10.0. The van der Waals surface area contributed by atoms with E-state index in [9.17, 15) is 4.79 Å². The highest BCUT2D eigenvalue weighted by molar-refractivity contribution is 5.84. The Morgan fingerprint density at radius 3 is 2.88 bits per heavy atom. The van der Waals surface area contributed by atoms with Gasteiger partial charge in [-0.25, -0.2) is 0 Å². The molecule has 3 heteroatoms. The molecule has 0 aromatic carbocycles. The van der Waals surface area contributed by atoms with Crippen LogP contribution in [0.1, 0.15) is 37.2 Å². The molecule has 1 heterocycles. The molecule has 1 unspecified atom stereocenters. The summed E-state index contributed by atoms with van der Waals surface area (Å²) >= 11 is 0. The average Bonchev–Trinajstić information content (AvgIpc) is 2.64. The van der Waals surface area contributed by atoms with Gasteiger partial charge in [0.2, 0.25) is 0 Å². The van der Waals surface area contributed by atoms with Gasteiger partial charge in [0.15, 0.2) is 0 Å². The molecule has 0 radical (unpaired) electrons. The molecule has 1 aliphatic rings. The van der Waals surface area contributed by atoms with Gasteiger partial charge in [-0.1, -0.05) is 6.42 Å². The van der Waals surface area contributed by atoms with Gasteiger partial charge >= 0.3 is 0 Å². The number of furan rings is 1. The zero-order valence-corrected chi connectivity index (χ0v) is 10.0. The number of Topliss-reactive ketones (excluding diaryl/α,β-unsaturated/α-hetero) is 1. The van der Waals surface area contributed by atoms with E-state index in [1.807, 2.05) is 26.1 Å². The first-order valence-corrected chi connectivity index (χ1v) is 5.95. The summed E-state index contributed by atoms with van der Waals surface area (Å²) < 4.78 is 5.53. The third kappa shape index (κ3) is 2.53. The van der Waals surface area contributed by atoms with Gasteiger partial charge in [0, 0.05) is 6.42 Å². The van der Waals surface area contributed by atoms with Crippen LogP contribution in [0.4, 0.5) is 0 Å². The first-order chi connectivity index (χ1) is 7.66. The van der Waals surface area contributed by atoms with E-state index in [1.54, 1.807) is 0 Å². The van der Waals surface area contributed by atoms with E-state index in [4.69, 9.17) is 4.42 Å². The monoisotopic (exact) mass is 221 g/mol. The van der Waals surface area contributed by atoms with Crippen molar-refractivity contribution in [2.75, 3.05) is 7.05 Å². The lowest BCUT2D eigenvalue weighted by Gasteiger charge is -2.29. The van der Waals surface area contributed by atoms with Crippen molar-refractivity contribution in [3.8, 4) is 0 Å². The molecule has 88 valence electrons. The van der Waals surface area contributed by atoms with Crippen LogP contribution in [0.3, 0.4) is 0 Å². The first kappa shape index (κ1) is 11.4. The van der Waals surface area contributed by atoms with Crippen molar-refractivity contribution in [1.82, 2.24) is 4.90 Å². The van der Waals surface area contributed by atoms with Gasteiger partial charge in [0.1, 0.15) is 17.3 Å². The number of hydrogen-bond donors (Lipinski definition) is 0. The summed E-state index contributed by atoms with van der Waals surface area (Å²) in [5, 5.41) is 0. The summed E-state index contributed by atoms with van der Waals surface area (Å²) in [6.45, 7) is 2.67. The van der Waals surface area contributed by atoms with Crippen LogP contribution in [0.25, 0.3) is 0 Å². The molecule has 0 N–H and O–H groups in total. The van der Waals surface area contributed by atoms with E-state index in [1.165, 1.54) is 0 Å². The van der Waals surface area contributed by atoms with E-state index in [0.29, 0.717) is 5.78 Å². The van der Waals surface area contributed by atoms with Crippen LogP contribution in [0, 0.1) is 6.92 Å². The van der Waals surface area contributed by atoms with E-state index in [2.05, 4.69) is 4.90 Å². The average molecular weight is 221 g/mol. The minimum Gasteiger partial charge on any atom is -0.465 e. The van der Waals surface area contributed by atoms with Crippen LogP contribution in [-0.2, 0) is 11.3 Å². The van der Waals surface area contributed by atoms with E-state index >= 15 is 0 Å². The van der Waals surface area contributed by atoms with Crippen molar-refractivity contribution in [3.63, 3.8) is 0 Å². The molecule has 0 amide bonds. The SMILES string of the molecule is Cc1ccc(CN(C)C2CCCCC2=O)o1. The van der Waals surface area contributed by atoms with Crippen LogP contribution in [0.5, 0.6) is 0 Å². The van der Waals surface area contributed by atoms with Crippen molar-refractivity contribution < 1.29 is 9.21 Å². The fraction of sp³-hybridized carbons (Fsp3) is 0.615. The summed E-state index contributed by atoms with van der Waals surface area (Å²) in [4.78, 5) is 13.9. The molecule has 1 atom stereocenters. The van der Waals surface area contributed by atoms with Gasteiger partial charge in [-0.15, -0.1) is 0 Å². The third-order valence-electron chi connectivity index (χ3n) is 3.26. The molecule has 2 rings (SSSR count). The van der Waals surface area contributed by atoms with E-state index in [-0.39, 0.29) is 6.04 Å². The lowest BCUT2D eigenvalue weighted by Crippen LogP contribution is -2.39. The van der Waals surface area contributed by atoms with Crippen LogP contribution >= 0.6 is 0 Å². The van der Waals surface area contributed by atoms with Crippen molar-refractivity contribution in [3.05, 3.63) is 23.7 Å². The fourth-order valence-corrected chi connectivity index (χ4v) is 2.36. The van der Waals surface area contributed by atoms with Crippen molar-refractivity contribution in [2.45, 2.75) is 45.2 Å². The summed E-state index contributed by atoms with van der Waals surface area (Å²) in [5.41, 5.74) is 0. The maximum atomic E-state index is 11.8. The molecule has 1 aromatic heterocycles. The molecular formula is C13H19NO2. The Kier molecular flexibility index (Phi) is 3.44. The Morgan fingerprint density at radius 1 is 1.44 bits per heavy atom. The van der Waals surface area contributed by atoms with Crippen LogP contribution in [0.15, 0.2) is 16.5 Å². The van der Waals surface area contributed by atoms with Crippen LogP contribution in [0.2, 0.25) is 0 Å². The smallest absolute Gasteiger partial charge is 0.149 e. The second kappa shape index (κ2) is 4.83. The molecule has 0 saturated heterocycles. The minimum absolute atomic E-state index is 0.0964. The lowest BCUT2D eigenvalue weighted by atomic mass is 9.93. The number of hydrogen-bond acceptors (Lipinski definition) is 3. The van der Waals surface area contributed by atoms with Crippen molar-refractivity contribution in [2.24, 2.45) is 0 Å². The first-order valence-electron chi connectivity index (χ1n) is 5.95. The number of carbonyl (C=O) groups is 1. The predicted molar refractivity (Wildman–Crippen MR) is 62.2 cm³/mol. The van der Waals surface area contributed by atoms with Crippen molar-refractivity contribution in [1.29, 1.82) is 0 Å². The van der Waals surface area contributed by atoms with Crippen molar-refractivity contribution >= 4 is 5.78 Å².